The number of nitrogens with one attached hydrogen (secondary N) is 2. The third kappa shape index (κ3) is 6.23. The summed E-state index contributed by atoms with van der Waals surface area (Å²) >= 11 is 0. The van der Waals surface area contributed by atoms with Gasteiger partial charge in [0.25, 0.3) is 0 Å². The molecule has 1 rings (SSSR count). The Kier molecular flexibility index (Phi) is 5.82. The molecule has 1 aliphatic rings. The van der Waals surface area contributed by atoms with Crippen LogP contribution in [0.2, 0.25) is 0 Å². The molecule has 0 aromatic heterocycles. The van der Waals surface area contributed by atoms with Gasteiger partial charge in [-0.1, -0.05) is 0 Å². The van der Waals surface area contributed by atoms with E-state index in [-0.39, 0.29) is 18.5 Å². The second-order valence-electron chi connectivity index (χ2n) is 2.82. The van der Waals surface area contributed by atoms with Crippen LogP contribution in [0, 0.1) is 0 Å². The van der Waals surface area contributed by atoms with Gasteiger partial charge in [0.1, 0.15) is 0 Å². The van der Waals surface area contributed by atoms with Crippen molar-refractivity contribution in [3.8, 4) is 0 Å². The molecule has 0 aliphatic carbocycles. The van der Waals surface area contributed by atoms with Gasteiger partial charge in [-0.05, 0) is 0 Å². The first-order chi connectivity index (χ1) is 5.58. The van der Waals surface area contributed by atoms with E-state index in [1.54, 1.807) is 0 Å². The van der Waals surface area contributed by atoms with E-state index in [4.69, 9.17) is 4.74 Å². The number of hydrogen-bond donors (Lipinski definition) is 2. The van der Waals surface area contributed by atoms with Crippen molar-refractivity contribution in [1.82, 2.24) is 10.0 Å². The average Bonchev–Trinajstić information content (AvgIpc) is 2.02. The zero-order valence-corrected chi connectivity index (χ0v) is 9.08. The normalized spacial score (nSPS) is 23.6. The maximum absolute atomic E-state index is 10.7. The molecule has 2 N–H and O–H groups in total. The predicted molar refractivity (Wildman–Crippen MR) is 52.7 cm³/mol. The van der Waals surface area contributed by atoms with Crippen molar-refractivity contribution in [2.75, 3.05) is 32.5 Å². The highest BCUT2D eigenvalue weighted by molar-refractivity contribution is 7.88. The second kappa shape index (κ2) is 5.77. The molecule has 80 valence electrons. The summed E-state index contributed by atoms with van der Waals surface area (Å²) in [4.78, 5) is 0. The highest BCUT2D eigenvalue weighted by atomic mass is 35.5. The van der Waals surface area contributed by atoms with E-state index in [2.05, 4.69) is 10.0 Å². The monoisotopic (exact) mass is 230 g/mol. The van der Waals surface area contributed by atoms with Crippen LogP contribution in [-0.4, -0.2) is 47.0 Å². The quantitative estimate of drug-likeness (QED) is 0.649. The average molecular weight is 231 g/mol. The third-order valence-electron chi connectivity index (χ3n) is 1.58. The van der Waals surface area contributed by atoms with Crippen molar-refractivity contribution < 1.29 is 13.2 Å². The Labute approximate surface area is 84.7 Å². The van der Waals surface area contributed by atoms with Crippen molar-refractivity contribution in [2.45, 2.75) is 6.10 Å². The molecule has 0 saturated carbocycles. The van der Waals surface area contributed by atoms with Gasteiger partial charge in [0.2, 0.25) is 10.0 Å². The number of hydrogen-bond acceptors (Lipinski definition) is 4. The van der Waals surface area contributed by atoms with Gasteiger partial charge < -0.3 is 10.1 Å². The van der Waals surface area contributed by atoms with E-state index in [1.165, 1.54) is 0 Å². The van der Waals surface area contributed by atoms with Gasteiger partial charge in [0.05, 0.1) is 19.0 Å². The van der Waals surface area contributed by atoms with Crippen molar-refractivity contribution >= 4 is 22.4 Å². The standard InChI is InChI=1S/C6H14N2O3S.ClH/c1-12(9,10)8-5-6-4-7-2-3-11-6;/h6-8H,2-5H2,1H3;1H. The number of halogens is 1. The fourth-order valence-corrected chi connectivity index (χ4v) is 1.48. The Bertz CT molecular complexity index is 226. The van der Waals surface area contributed by atoms with Crippen LogP contribution in [0.5, 0.6) is 0 Å². The first-order valence-electron chi connectivity index (χ1n) is 3.85. The van der Waals surface area contributed by atoms with Crippen LogP contribution in [0.1, 0.15) is 0 Å². The maximum Gasteiger partial charge on any atom is 0.208 e. The summed E-state index contributed by atoms with van der Waals surface area (Å²) in [5.74, 6) is 0. The number of rotatable bonds is 3. The van der Waals surface area contributed by atoms with E-state index in [9.17, 15) is 8.42 Å². The molecule has 0 aromatic carbocycles. The predicted octanol–water partition coefficient (Wildman–Crippen LogP) is -1.05. The van der Waals surface area contributed by atoms with Crippen LogP contribution in [-0.2, 0) is 14.8 Å². The zero-order chi connectivity index (χ0) is 9.03. The number of morpholine rings is 1. The second-order valence-corrected chi connectivity index (χ2v) is 4.65. The molecule has 1 fully saturated rings. The minimum atomic E-state index is -3.08. The number of ether oxygens (including phenoxy) is 1. The molecule has 0 radical (unpaired) electrons. The van der Waals surface area contributed by atoms with Crippen LogP contribution in [0.3, 0.4) is 0 Å². The maximum atomic E-state index is 10.7. The topological polar surface area (TPSA) is 67.4 Å². The molecule has 0 spiro atoms. The smallest absolute Gasteiger partial charge is 0.208 e. The Morgan fingerprint density at radius 1 is 1.62 bits per heavy atom. The number of sulfonamides is 1. The van der Waals surface area contributed by atoms with Gasteiger partial charge in [0.15, 0.2) is 0 Å². The van der Waals surface area contributed by atoms with E-state index >= 15 is 0 Å². The first kappa shape index (κ1) is 13.1. The molecule has 5 nitrogen and oxygen atoms in total. The summed E-state index contributed by atoms with van der Waals surface area (Å²) < 4.78 is 29.1. The van der Waals surface area contributed by atoms with Crippen LogP contribution in [0.15, 0.2) is 0 Å². The summed E-state index contributed by atoms with van der Waals surface area (Å²) in [5.41, 5.74) is 0. The van der Waals surface area contributed by atoms with Gasteiger partial charge in [-0.15, -0.1) is 12.4 Å². The minimum Gasteiger partial charge on any atom is -0.374 e. The first-order valence-corrected chi connectivity index (χ1v) is 5.74. The van der Waals surface area contributed by atoms with Gasteiger partial charge in [-0.3, -0.25) is 0 Å². The van der Waals surface area contributed by atoms with Gasteiger partial charge in [0, 0.05) is 19.6 Å². The SMILES string of the molecule is CS(=O)(=O)NCC1CNCCO1.Cl. The highest BCUT2D eigenvalue weighted by Crippen LogP contribution is 1.94. The molecule has 1 heterocycles. The van der Waals surface area contributed by atoms with Gasteiger partial charge in [-0.2, -0.15) is 0 Å². The fraction of sp³-hybridized carbons (Fsp3) is 1.00. The van der Waals surface area contributed by atoms with Crippen molar-refractivity contribution in [2.24, 2.45) is 0 Å². The van der Waals surface area contributed by atoms with Crippen LogP contribution in [0.4, 0.5) is 0 Å². The van der Waals surface area contributed by atoms with Crippen molar-refractivity contribution in [3.05, 3.63) is 0 Å². The Balaban J connectivity index is 0.00000144. The Morgan fingerprint density at radius 2 is 2.31 bits per heavy atom. The van der Waals surface area contributed by atoms with Crippen molar-refractivity contribution in [1.29, 1.82) is 0 Å². The lowest BCUT2D eigenvalue weighted by atomic mass is 10.3. The lowest BCUT2D eigenvalue weighted by Crippen LogP contribution is -2.44. The molecule has 0 bridgehead atoms. The Morgan fingerprint density at radius 3 is 2.77 bits per heavy atom. The molecule has 13 heavy (non-hydrogen) atoms. The van der Waals surface area contributed by atoms with E-state index in [0.717, 1.165) is 12.8 Å². The molecule has 1 saturated heterocycles. The molecule has 1 aliphatic heterocycles. The molecule has 7 heteroatoms. The molecular weight excluding hydrogens is 216 g/mol. The molecule has 1 atom stereocenters. The Hall–Kier alpha value is 0.120. The lowest BCUT2D eigenvalue weighted by molar-refractivity contribution is 0.0324. The molecule has 0 aromatic rings. The summed E-state index contributed by atoms with van der Waals surface area (Å²) in [6.45, 7) is 2.56. The summed E-state index contributed by atoms with van der Waals surface area (Å²) in [5, 5.41) is 3.11. The highest BCUT2D eigenvalue weighted by Gasteiger charge is 2.14. The zero-order valence-electron chi connectivity index (χ0n) is 7.45. The van der Waals surface area contributed by atoms with Crippen LogP contribution >= 0.6 is 12.4 Å². The summed E-state index contributed by atoms with van der Waals surface area (Å²) in [6.07, 6.45) is 1.11. The minimum absolute atomic E-state index is 0. The third-order valence-corrected chi connectivity index (χ3v) is 2.27. The summed E-state index contributed by atoms with van der Waals surface area (Å²) in [7, 11) is -3.08. The summed E-state index contributed by atoms with van der Waals surface area (Å²) in [6, 6.07) is 0. The lowest BCUT2D eigenvalue weighted by Gasteiger charge is -2.23. The largest absolute Gasteiger partial charge is 0.374 e. The molecule has 0 amide bonds. The molecule has 1 unspecified atom stereocenters. The van der Waals surface area contributed by atoms with Crippen molar-refractivity contribution in [3.63, 3.8) is 0 Å². The van der Waals surface area contributed by atoms with E-state index < -0.39 is 10.0 Å². The van der Waals surface area contributed by atoms with Gasteiger partial charge in [-0.25, -0.2) is 13.1 Å². The van der Waals surface area contributed by atoms with E-state index in [0.29, 0.717) is 19.7 Å². The fourth-order valence-electron chi connectivity index (χ4n) is 0.995. The molecular formula is C6H15ClN2O3S. The van der Waals surface area contributed by atoms with Gasteiger partial charge >= 0.3 is 0 Å². The van der Waals surface area contributed by atoms with Crippen LogP contribution < -0.4 is 10.0 Å². The van der Waals surface area contributed by atoms with E-state index in [1.807, 2.05) is 0 Å². The van der Waals surface area contributed by atoms with Crippen LogP contribution in [0.25, 0.3) is 0 Å².